The highest BCUT2D eigenvalue weighted by molar-refractivity contribution is 6.30. The molecule has 0 radical (unpaired) electrons. The van der Waals surface area contributed by atoms with Crippen molar-refractivity contribution >= 4 is 23.3 Å². The molecule has 1 aromatic heterocycles. The number of hydrogen-bond acceptors (Lipinski definition) is 7. The molecule has 0 aliphatic carbocycles. The molecule has 0 aliphatic rings. The molecule has 3 aromatic rings. The van der Waals surface area contributed by atoms with Gasteiger partial charge in [-0.25, -0.2) is 23.5 Å². The lowest BCUT2D eigenvalue weighted by Gasteiger charge is -2.18. The number of carbonyl (C=O) groups excluding carboxylic acids is 1. The number of benzene rings is 2. The number of nitrogen functional groups attached to an aromatic ring is 1. The molecule has 0 fully saturated rings. The number of ether oxygens (including phenoxy) is 2. The lowest BCUT2D eigenvalue weighted by molar-refractivity contribution is -0.141. The molecule has 0 unspecified atom stereocenters. The Bertz CT molecular complexity index is 1440. The van der Waals surface area contributed by atoms with Gasteiger partial charge in [0.1, 0.15) is 0 Å². The lowest BCUT2D eigenvalue weighted by atomic mass is 10.2. The van der Waals surface area contributed by atoms with Crippen molar-refractivity contribution in [1.29, 1.82) is 0 Å². The molecule has 1 atom stereocenters. The summed E-state index contributed by atoms with van der Waals surface area (Å²) < 4.78 is 27.3. The maximum Gasteiger partial charge on any atom is 0.354 e. The zero-order valence-corrected chi connectivity index (χ0v) is 21.0. The van der Waals surface area contributed by atoms with Crippen LogP contribution in [0.3, 0.4) is 0 Å². The number of rotatable bonds is 8. The largest absolute Gasteiger partial charge is 0.488 e. The molecule has 10 nitrogen and oxygen atoms in total. The molecule has 36 heavy (non-hydrogen) atoms. The second-order valence-corrected chi connectivity index (χ2v) is 8.78. The summed E-state index contributed by atoms with van der Waals surface area (Å²) in [6.45, 7) is 5.02. The van der Waals surface area contributed by atoms with E-state index in [2.05, 4.69) is 9.73 Å². The van der Waals surface area contributed by atoms with Crippen LogP contribution in [-0.4, -0.2) is 33.0 Å². The smallest absolute Gasteiger partial charge is 0.354 e. The normalized spacial score (nSPS) is 12.6. The van der Waals surface area contributed by atoms with Crippen LogP contribution in [0, 0.1) is 5.82 Å². The molecule has 2 aromatic carbocycles. The molecule has 0 saturated carbocycles. The number of aromatic nitrogens is 3. The summed E-state index contributed by atoms with van der Waals surface area (Å²) in [5.41, 5.74) is -1.12. The van der Waals surface area contributed by atoms with Crippen LogP contribution < -0.4 is 27.6 Å². The minimum Gasteiger partial charge on any atom is -0.488 e. The van der Waals surface area contributed by atoms with Crippen molar-refractivity contribution < 1.29 is 18.7 Å². The average Bonchev–Trinajstić information content (AvgIpc) is 2.82. The van der Waals surface area contributed by atoms with Gasteiger partial charge in [-0.15, -0.1) is 0 Å². The number of esters is 1. The molecule has 192 valence electrons. The molecule has 1 heterocycles. The zero-order chi connectivity index (χ0) is 26.6. The van der Waals surface area contributed by atoms with Crippen molar-refractivity contribution in [2.24, 2.45) is 4.99 Å². The van der Waals surface area contributed by atoms with Crippen molar-refractivity contribution in [3.63, 3.8) is 0 Å². The van der Waals surface area contributed by atoms with Gasteiger partial charge in [0, 0.05) is 11.1 Å². The molecule has 3 rings (SSSR count). The number of nitrogens with two attached hydrogens (primary N) is 1. The van der Waals surface area contributed by atoms with Crippen molar-refractivity contribution in [3.05, 3.63) is 85.5 Å². The second-order valence-electron chi connectivity index (χ2n) is 8.34. The van der Waals surface area contributed by atoms with Crippen LogP contribution in [0.2, 0.25) is 5.02 Å². The van der Waals surface area contributed by atoms with E-state index in [1.165, 1.54) is 26.2 Å². The highest BCUT2D eigenvalue weighted by Crippen LogP contribution is 2.23. The molecular formula is C24H27ClFN5O5. The Balaban J connectivity index is 2.24. The third kappa shape index (κ3) is 6.03. The van der Waals surface area contributed by atoms with E-state index in [1.54, 1.807) is 38.1 Å². The quantitative estimate of drug-likeness (QED) is 0.360. The maximum atomic E-state index is 14.6. The molecule has 0 bridgehead atoms. The van der Waals surface area contributed by atoms with Gasteiger partial charge in [0.2, 0.25) is 5.62 Å². The molecule has 0 spiro atoms. The maximum absolute atomic E-state index is 14.6. The SMILES string of the molecule is COC(=O)C[C@H](C)n1c(=O)n(N)c(=Nc2ccc(OC(C)C)c(F)c2)n(Cc2ccc(Cl)cc2)c1=O. The van der Waals surface area contributed by atoms with E-state index in [1.807, 2.05) is 0 Å². The van der Waals surface area contributed by atoms with Crippen LogP contribution in [0.4, 0.5) is 10.1 Å². The van der Waals surface area contributed by atoms with Crippen molar-refractivity contribution in [3.8, 4) is 5.75 Å². The molecule has 12 heteroatoms. The fourth-order valence-electron chi connectivity index (χ4n) is 3.47. The standard InChI is InChI=1S/C24H27ClFN5O5/c1-14(2)36-20-10-9-18(12-19(20)26)28-22-29(13-16-5-7-17(25)8-6-16)23(33)30(24(34)31(22)27)15(3)11-21(32)35-4/h5-10,12,14-15H,11,13,27H2,1-4H3/t15-/m0/s1. The van der Waals surface area contributed by atoms with E-state index in [0.29, 0.717) is 15.3 Å². The molecule has 2 N–H and O–H groups in total. The molecule has 0 amide bonds. The third-order valence-electron chi connectivity index (χ3n) is 5.20. The molecular weight excluding hydrogens is 493 g/mol. The van der Waals surface area contributed by atoms with Crippen LogP contribution in [0.25, 0.3) is 0 Å². The first kappa shape index (κ1) is 26.7. The molecule has 0 saturated heterocycles. The fourth-order valence-corrected chi connectivity index (χ4v) is 3.60. The Kier molecular flexibility index (Phi) is 8.36. The van der Waals surface area contributed by atoms with Crippen LogP contribution in [0.15, 0.2) is 57.0 Å². The Morgan fingerprint density at radius 2 is 1.78 bits per heavy atom. The first-order chi connectivity index (χ1) is 17.0. The first-order valence-electron chi connectivity index (χ1n) is 11.1. The van der Waals surface area contributed by atoms with Crippen LogP contribution in [0.1, 0.15) is 38.8 Å². The zero-order valence-electron chi connectivity index (χ0n) is 20.3. The average molecular weight is 520 g/mol. The Labute approximate surface area is 211 Å². The van der Waals surface area contributed by atoms with E-state index in [4.69, 9.17) is 22.2 Å². The van der Waals surface area contributed by atoms with Crippen LogP contribution in [0.5, 0.6) is 5.75 Å². The van der Waals surface area contributed by atoms with E-state index in [0.717, 1.165) is 15.2 Å². The Hall–Kier alpha value is -3.86. The summed E-state index contributed by atoms with van der Waals surface area (Å²) in [6.07, 6.45) is -0.469. The van der Waals surface area contributed by atoms with E-state index < -0.39 is 29.2 Å². The van der Waals surface area contributed by atoms with E-state index in [9.17, 15) is 18.8 Å². The summed E-state index contributed by atoms with van der Waals surface area (Å²) >= 11 is 5.97. The highest BCUT2D eigenvalue weighted by Gasteiger charge is 2.20. The van der Waals surface area contributed by atoms with Gasteiger partial charge in [-0.05, 0) is 50.6 Å². The van der Waals surface area contributed by atoms with E-state index in [-0.39, 0.29) is 36.1 Å². The number of nitrogens with zero attached hydrogens (tertiary/aromatic N) is 4. The summed E-state index contributed by atoms with van der Waals surface area (Å²) in [7, 11) is 1.21. The van der Waals surface area contributed by atoms with Gasteiger partial charge in [0.15, 0.2) is 11.6 Å². The Morgan fingerprint density at radius 1 is 1.11 bits per heavy atom. The minimum atomic E-state index is -0.900. The van der Waals surface area contributed by atoms with Crippen LogP contribution in [-0.2, 0) is 16.1 Å². The summed E-state index contributed by atoms with van der Waals surface area (Å²) in [5, 5.41) is 0.501. The minimum absolute atomic E-state index is 0.0334. The third-order valence-corrected chi connectivity index (χ3v) is 5.45. The predicted molar refractivity (Wildman–Crippen MR) is 132 cm³/mol. The van der Waals surface area contributed by atoms with Gasteiger partial charge < -0.3 is 15.3 Å². The Morgan fingerprint density at radius 3 is 2.36 bits per heavy atom. The van der Waals surface area contributed by atoms with Gasteiger partial charge in [0.25, 0.3) is 0 Å². The number of hydrogen-bond donors (Lipinski definition) is 1. The van der Waals surface area contributed by atoms with Crippen molar-refractivity contribution in [1.82, 2.24) is 13.8 Å². The second kappa shape index (κ2) is 11.3. The fraction of sp³-hybridized carbons (Fsp3) is 0.333. The van der Waals surface area contributed by atoms with Gasteiger partial charge in [-0.3, -0.25) is 9.36 Å². The highest BCUT2D eigenvalue weighted by atomic mass is 35.5. The summed E-state index contributed by atoms with van der Waals surface area (Å²) in [5.74, 6) is 4.86. The first-order valence-corrected chi connectivity index (χ1v) is 11.4. The van der Waals surface area contributed by atoms with Crippen molar-refractivity contribution in [2.45, 2.75) is 45.9 Å². The number of halogens is 2. The molecule has 0 aliphatic heterocycles. The number of methoxy groups -OCH3 is 1. The van der Waals surface area contributed by atoms with Crippen molar-refractivity contribution in [2.75, 3.05) is 13.0 Å². The monoisotopic (exact) mass is 519 g/mol. The topological polar surface area (TPSA) is 123 Å². The number of carbonyl (C=O) groups is 1. The van der Waals surface area contributed by atoms with E-state index >= 15 is 0 Å². The lowest BCUT2D eigenvalue weighted by Crippen LogP contribution is -2.58. The van der Waals surface area contributed by atoms with Gasteiger partial charge in [0.05, 0.1) is 37.9 Å². The summed E-state index contributed by atoms with van der Waals surface area (Å²) in [4.78, 5) is 42.7. The van der Waals surface area contributed by atoms with Gasteiger partial charge in [-0.1, -0.05) is 23.7 Å². The van der Waals surface area contributed by atoms with Gasteiger partial charge in [-0.2, -0.15) is 4.68 Å². The predicted octanol–water partition coefficient (Wildman–Crippen LogP) is 2.51. The van der Waals surface area contributed by atoms with Gasteiger partial charge >= 0.3 is 17.3 Å². The van der Waals surface area contributed by atoms with Crippen LogP contribution >= 0.6 is 11.6 Å². The summed E-state index contributed by atoms with van der Waals surface area (Å²) in [6, 6.07) is 9.82.